The molecule has 48 heavy (non-hydrogen) atoms. The molecule has 2 atom stereocenters. The van der Waals surface area contributed by atoms with Gasteiger partial charge in [-0.15, -0.1) is 0 Å². The number of halogens is 3. The molecule has 248 valence electrons. The number of carbonyl (C=O) groups is 3. The molecule has 2 N–H and O–H groups in total. The van der Waals surface area contributed by atoms with Crippen molar-refractivity contribution in [1.29, 1.82) is 0 Å². The summed E-state index contributed by atoms with van der Waals surface area (Å²) in [6, 6.07) is 19.2. The molecule has 1 aromatic heterocycles. The summed E-state index contributed by atoms with van der Waals surface area (Å²) in [5.74, 6) is -1.89. The van der Waals surface area contributed by atoms with Crippen molar-refractivity contribution < 1.29 is 27.6 Å². The summed E-state index contributed by atoms with van der Waals surface area (Å²) in [6.45, 7) is 10.1. The molecule has 1 fully saturated rings. The Morgan fingerprint density at radius 3 is 2.40 bits per heavy atom. The van der Waals surface area contributed by atoms with Gasteiger partial charge in [-0.05, 0) is 81.4 Å². The SMILES string of the molecule is C=C(CN1CCC1)C(=O)Nc1cccc([C@H]2c3c(C)nn(-c4ccccc4)c3N(CC)C(=O)[C@@H]2NC(=O)c2cccc(C(F)(F)F)c2)c1. The highest BCUT2D eigenvalue weighted by Crippen LogP contribution is 2.44. The molecule has 6 rings (SSSR count). The van der Waals surface area contributed by atoms with Gasteiger partial charge in [-0.3, -0.25) is 24.2 Å². The Labute approximate surface area is 276 Å². The Balaban J connectivity index is 1.42. The van der Waals surface area contributed by atoms with E-state index in [4.69, 9.17) is 5.10 Å². The van der Waals surface area contributed by atoms with Crippen molar-refractivity contribution in [3.05, 3.63) is 119 Å². The summed E-state index contributed by atoms with van der Waals surface area (Å²) >= 11 is 0. The number of alkyl halides is 3. The van der Waals surface area contributed by atoms with Crippen LogP contribution < -0.4 is 15.5 Å². The molecule has 12 heteroatoms. The van der Waals surface area contributed by atoms with Crippen molar-refractivity contribution in [2.45, 2.75) is 38.4 Å². The van der Waals surface area contributed by atoms with Crippen molar-refractivity contribution in [3.63, 3.8) is 0 Å². The van der Waals surface area contributed by atoms with Crippen LogP contribution in [0.4, 0.5) is 24.7 Å². The Kier molecular flexibility index (Phi) is 8.93. The Hall–Kier alpha value is -5.23. The summed E-state index contributed by atoms with van der Waals surface area (Å²) in [5.41, 5.74) is 2.25. The number of aryl methyl sites for hydroxylation is 1. The summed E-state index contributed by atoms with van der Waals surface area (Å²) in [7, 11) is 0. The fourth-order valence-corrected chi connectivity index (χ4v) is 6.26. The second kappa shape index (κ2) is 13.1. The molecule has 4 aromatic rings. The van der Waals surface area contributed by atoms with Gasteiger partial charge in [-0.1, -0.05) is 43.0 Å². The number of hydrogen-bond donors (Lipinski definition) is 2. The van der Waals surface area contributed by atoms with Gasteiger partial charge in [0.2, 0.25) is 0 Å². The fourth-order valence-electron chi connectivity index (χ4n) is 6.26. The number of hydrogen-bond acceptors (Lipinski definition) is 5. The first-order valence-corrected chi connectivity index (χ1v) is 15.7. The lowest BCUT2D eigenvalue weighted by molar-refractivity contribution is -0.137. The lowest BCUT2D eigenvalue weighted by Gasteiger charge is -2.38. The maximum Gasteiger partial charge on any atom is 0.416 e. The van der Waals surface area contributed by atoms with Gasteiger partial charge in [0.05, 0.1) is 16.9 Å². The highest BCUT2D eigenvalue weighted by atomic mass is 19.4. The molecule has 2 aliphatic heterocycles. The smallest absolute Gasteiger partial charge is 0.339 e. The van der Waals surface area contributed by atoms with Gasteiger partial charge in [0.1, 0.15) is 11.9 Å². The zero-order valence-electron chi connectivity index (χ0n) is 26.6. The molecule has 0 radical (unpaired) electrons. The van der Waals surface area contributed by atoms with Crippen molar-refractivity contribution in [2.24, 2.45) is 0 Å². The number of rotatable bonds is 9. The molecule has 3 amide bonds. The molecule has 0 saturated carbocycles. The molecular weight excluding hydrogens is 621 g/mol. The number of carbonyl (C=O) groups excluding carboxylic acids is 3. The number of para-hydroxylation sites is 1. The highest BCUT2D eigenvalue weighted by Gasteiger charge is 2.45. The molecule has 1 saturated heterocycles. The van der Waals surface area contributed by atoms with Crippen LogP contribution in [0.15, 0.2) is 91.0 Å². The third kappa shape index (κ3) is 6.35. The number of anilines is 2. The zero-order chi connectivity index (χ0) is 34.2. The van der Waals surface area contributed by atoms with Crippen molar-refractivity contribution >= 4 is 29.2 Å². The van der Waals surface area contributed by atoms with E-state index in [1.807, 2.05) is 37.3 Å². The highest BCUT2D eigenvalue weighted by molar-refractivity contribution is 6.06. The molecule has 0 spiro atoms. The first-order valence-electron chi connectivity index (χ1n) is 15.7. The number of nitrogens with zero attached hydrogens (tertiary/aromatic N) is 4. The van der Waals surface area contributed by atoms with Crippen LogP contribution in [-0.4, -0.2) is 64.6 Å². The summed E-state index contributed by atoms with van der Waals surface area (Å²) in [4.78, 5) is 44.7. The van der Waals surface area contributed by atoms with E-state index < -0.39 is 35.5 Å². The number of nitrogens with one attached hydrogen (secondary N) is 2. The maximum atomic E-state index is 14.4. The van der Waals surface area contributed by atoms with Crippen LogP contribution in [0.25, 0.3) is 5.69 Å². The topological polar surface area (TPSA) is 99.6 Å². The quantitative estimate of drug-likeness (QED) is 0.226. The van der Waals surface area contributed by atoms with Crippen LogP contribution in [0, 0.1) is 6.92 Å². The van der Waals surface area contributed by atoms with E-state index in [9.17, 15) is 27.6 Å². The Bertz CT molecular complexity index is 1880. The maximum absolute atomic E-state index is 14.4. The molecule has 2 aliphatic rings. The van der Waals surface area contributed by atoms with Crippen LogP contribution in [0.5, 0.6) is 0 Å². The third-order valence-electron chi connectivity index (χ3n) is 8.76. The van der Waals surface area contributed by atoms with Gasteiger partial charge in [-0.2, -0.15) is 18.3 Å². The molecule has 9 nitrogen and oxygen atoms in total. The standard InChI is InChI=1S/C36H35F3N6O3/c1-4-44-34-29(23(3)42-45(34)28-15-6-5-7-16-28)30(24-11-9-14-27(20-24)40-32(46)22(2)21-43-17-10-18-43)31(35(44)48)41-33(47)25-12-8-13-26(19-25)36(37,38)39/h5-9,11-16,19-20,30-31H,2,4,10,17-18,21H2,1,3H3,(H,40,46)(H,41,47)/t30-,31+/m0/s1. The number of benzene rings is 3. The normalized spacial score (nSPS) is 17.8. The lowest BCUT2D eigenvalue weighted by atomic mass is 9.81. The summed E-state index contributed by atoms with van der Waals surface area (Å²) in [6.07, 6.45) is -3.57. The minimum atomic E-state index is -4.65. The summed E-state index contributed by atoms with van der Waals surface area (Å²) in [5, 5.41) is 10.5. The van der Waals surface area contributed by atoms with E-state index in [1.165, 1.54) is 11.0 Å². The van der Waals surface area contributed by atoms with Gasteiger partial charge in [0.25, 0.3) is 17.7 Å². The van der Waals surface area contributed by atoms with E-state index in [2.05, 4.69) is 22.1 Å². The van der Waals surface area contributed by atoms with Gasteiger partial charge in [-0.25, -0.2) is 4.68 Å². The molecule has 0 aliphatic carbocycles. The van der Waals surface area contributed by atoms with Gasteiger partial charge in [0, 0.05) is 41.4 Å². The number of fused-ring (bicyclic) bond motifs is 1. The average Bonchev–Trinajstić information content (AvgIpc) is 3.39. The zero-order valence-corrected chi connectivity index (χ0v) is 26.6. The van der Waals surface area contributed by atoms with Crippen LogP contribution >= 0.6 is 0 Å². The molecule has 0 unspecified atom stereocenters. The molecule has 3 heterocycles. The Morgan fingerprint density at radius 1 is 1.00 bits per heavy atom. The van der Waals surface area contributed by atoms with Crippen molar-refractivity contribution in [3.8, 4) is 5.69 Å². The van der Waals surface area contributed by atoms with E-state index in [-0.39, 0.29) is 18.0 Å². The predicted octanol–water partition coefficient (Wildman–Crippen LogP) is 5.70. The number of likely N-dealkylation sites (tertiary alicyclic amines) is 1. The van der Waals surface area contributed by atoms with Crippen molar-refractivity contribution in [1.82, 2.24) is 20.0 Å². The van der Waals surface area contributed by atoms with Gasteiger partial charge >= 0.3 is 6.18 Å². The van der Waals surface area contributed by atoms with Crippen molar-refractivity contribution in [2.75, 3.05) is 36.4 Å². The van der Waals surface area contributed by atoms with Gasteiger partial charge in [0.15, 0.2) is 0 Å². The van der Waals surface area contributed by atoms with Crippen LogP contribution in [0.2, 0.25) is 0 Å². The first-order chi connectivity index (χ1) is 23.0. The summed E-state index contributed by atoms with van der Waals surface area (Å²) < 4.78 is 42.2. The fraction of sp³-hybridized carbons (Fsp3) is 0.278. The monoisotopic (exact) mass is 656 g/mol. The molecule has 0 bridgehead atoms. The average molecular weight is 657 g/mol. The number of aromatic nitrogens is 2. The second-order valence-electron chi connectivity index (χ2n) is 12.0. The number of amides is 3. The van der Waals surface area contributed by atoms with E-state index in [0.717, 1.165) is 43.4 Å². The molecule has 3 aromatic carbocycles. The Morgan fingerprint density at radius 2 is 1.73 bits per heavy atom. The van der Waals surface area contributed by atoms with Crippen LogP contribution in [0.1, 0.15) is 52.0 Å². The van der Waals surface area contributed by atoms with Crippen LogP contribution in [0.3, 0.4) is 0 Å². The van der Waals surface area contributed by atoms with Gasteiger partial charge < -0.3 is 10.6 Å². The molecular formula is C36H35F3N6O3. The van der Waals surface area contributed by atoms with E-state index in [0.29, 0.717) is 40.4 Å². The minimum Gasteiger partial charge on any atom is -0.339 e. The minimum absolute atomic E-state index is 0.233. The van der Waals surface area contributed by atoms with E-state index >= 15 is 0 Å². The van der Waals surface area contributed by atoms with E-state index in [1.54, 1.807) is 35.9 Å². The third-order valence-corrected chi connectivity index (χ3v) is 8.76. The lowest BCUT2D eigenvalue weighted by Crippen LogP contribution is -2.55. The largest absolute Gasteiger partial charge is 0.416 e. The second-order valence-corrected chi connectivity index (χ2v) is 12.0. The van der Waals surface area contributed by atoms with Crippen LogP contribution in [-0.2, 0) is 15.8 Å². The first kappa shape index (κ1) is 32.7. The number of likely N-dealkylation sites (N-methyl/N-ethyl adjacent to an activating group) is 1. The predicted molar refractivity (Wildman–Crippen MR) is 176 cm³/mol.